The smallest absolute Gasteiger partial charge is 0.338 e. The van der Waals surface area contributed by atoms with E-state index >= 15 is 0 Å². The van der Waals surface area contributed by atoms with Crippen molar-refractivity contribution in [1.29, 1.82) is 0 Å². The highest BCUT2D eigenvalue weighted by molar-refractivity contribution is 7.98. The van der Waals surface area contributed by atoms with Gasteiger partial charge in [0.2, 0.25) is 0 Å². The van der Waals surface area contributed by atoms with Gasteiger partial charge in [-0.1, -0.05) is 74.3 Å². The molecule has 5 rings (SSSR count). The lowest BCUT2D eigenvalue weighted by Crippen LogP contribution is -2.41. The molecule has 220 valence electrons. The molecule has 9 heteroatoms. The van der Waals surface area contributed by atoms with E-state index in [1.54, 1.807) is 37.1 Å². The van der Waals surface area contributed by atoms with Gasteiger partial charge in [0.1, 0.15) is 4.53 Å². The van der Waals surface area contributed by atoms with Gasteiger partial charge in [0.25, 0.3) is 11.5 Å². The van der Waals surface area contributed by atoms with Crippen molar-refractivity contribution >= 4 is 46.2 Å². The minimum Gasteiger partial charge on any atom is -0.459 e. The van der Waals surface area contributed by atoms with Crippen molar-refractivity contribution in [3.05, 3.63) is 90.6 Å². The first-order valence-electron chi connectivity index (χ1n) is 14.6. The average Bonchev–Trinajstić information content (AvgIpc) is 3.43. The number of thiazole rings is 1. The number of rotatable bonds is 10. The third kappa shape index (κ3) is 5.64. The maximum absolute atomic E-state index is 14.3. The molecule has 1 unspecified atom stereocenters. The number of esters is 1. The van der Waals surface area contributed by atoms with E-state index in [1.165, 1.54) is 17.8 Å². The maximum Gasteiger partial charge on any atom is 0.338 e. The standard InChI is InChI=1S/C33H37N3O4S2/c1-6-7-8-9-12-19-35-25-14-11-10-13-24(25)27(30(35)37)29-31(38)36-28(22-15-17-23(41-5)18-16-22)26(32(39)40-20(2)3)21(4)34-33(36)42-29/h10-11,13-18,20,28H,6-9,12,19H2,1-5H3. The SMILES string of the molecule is CCCCCCCN1C(=O)C(=c2sc3n(c2=O)C(c2ccc(SC)cc2)C(C(=O)OC(C)C)=C(C)N=3)c2ccccc21. The molecule has 1 atom stereocenters. The number of carbonyl (C=O) groups excluding carboxylic acids is 2. The molecule has 3 aromatic rings. The van der Waals surface area contributed by atoms with E-state index in [0.717, 1.165) is 47.4 Å². The zero-order valence-electron chi connectivity index (χ0n) is 24.8. The van der Waals surface area contributed by atoms with Crippen molar-refractivity contribution in [1.82, 2.24) is 4.57 Å². The number of nitrogens with zero attached hydrogens (tertiary/aromatic N) is 3. The lowest BCUT2D eigenvalue weighted by atomic mass is 9.96. The lowest BCUT2D eigenvalue weighted by Gasteiger charge is -2.25. The Labute approximate surface area is 254 Å². The average molecular weight is 604 g/mol. The first kappa shape index (κ1) is 30.0. The quantitative estimate of drug-likeness (QED) is 0.171. The summed E-state index contributed by atoms with van der Waals surface area (Å²) in [6.07, 6.45) is 7.12. The van der Waals surface area contributed by atoms with Crippen molar-refractivity contribution in [3.8, 4) is 0 Å². The molecule has 0 aliphatic carbocycles. The van der Waals surface area contributed by atoms with Gasteiger partial charge in [0.15, 0.2) is 4.80 Å². The minimum absolute atomic E-state index is 0.159. The number of thioether (sulfide) groups is 1. The monoisotopic (exact) mass is 603 g/mol. The Balaban J connectivity index is 1.67. The van der Waals surface area contributed by atoms with Crippen molar-refractivity contribution in [2.24, 2.45) is 4.99 Å². The highest BCUT2D eigenvalue weighted by Crippen LogP contribution is 2.36. The van der Waals surface area contributed by atoms with E-state index in [-0.39, 0.29) is 17.6 Å². The summed E-state index contributed by atoms with van der Waals surface area (Å²) >= 11 is 2.83. The van der Waals surface area contributed by atoms with Gasteiger partial charge in [-0.05, 0) is 57.2 Å². The van der Waals surface area contributed by atoms with Crippen LogP contribution in [0, 0.1) is 0 Å². The van der Waals surface area contributed by atoms with Crippen LogP contribution < -0.4 is 19.8 Å². The number of para-hydroxylation sites is 1. The molecule has 0 bridgehead atoms. The van der Waals surface area contributed by atoms with E-state index < -0.39 is 12.0 Å². The fourth-order valence-corrected chi connectivity index (χ4v) is 7.15. The molecule has 0 saturated heterocycles. The maximum atomic E-state index is 14.3. The summed E-state index contributed by atoms with van der Waals surface area (Å²) in [5.74, 6) is -0.660. The molecule has 3 heterocycles. The van der Waals surface area contributed by atoms with E-state index in [4.69, 9.17) is 9.73 Å². The molecule has 0 N–H and O–H groups in total. The number of anilines is 1. The van der Waals surface area contributed by atoms with Crippen LogP contribution in [-0.4, -0.2) is 35.3 Å². The Hall–Kier alpha value is -3.43. The fourth-order valence-electron chi connectivity index (χ4n) is 5.61. The summed E-state index contributed by atoms with van der Waals surface area (Å²) in [4.78, 5) is 49.8. The molecule has 42 heavy (non-hydrogen) atoms. The number of aromatic nitrogens is 1. The van der Waals surface area contributed by atoms with Crippen LogP contribution in [0.5, 0.6) is 0 Å². The third-order valence-electron chi connectivity index (χ3n) is 7.63. The van der Waals surface area contributed by atoms with Gasteiger partial charge in [-0.15, -0.1) is 11.8 Å². The summed E-state index contributed by atoms with van der Waals surface area (Å²) in [6.45, 7) is 8.16. The lowest BCUT2D eigenvalue weighted by molar-refractivity contribution is -0.143. The zero-order valence-corrected chi connectivity index (χ0v) is 26.4. The molecular weight excluding hydrogens is 567 g/mol. The minimum atomic E-state index is -0.723. The summed E-state index contributed by atoms with van der Waals surface area (Å²) in [6, 6.07) is 14.8. The number of benzene rings is 2. The van der Waals surface area contributed by atoms with Crippen LogP contribution in [0.3, 0.4) is 0 Å². The molecule has 0 radical (unpaired) electrons. The van der Waals surface area contributed by atoms with Crippen molar-refractivity contribution in [2.45, 2.75) is 76.8 Å². The summed E-state index contributed by atoms with van der Waals surface area (Å²) in [5, 5.41) is 0. The van der Waals surface area contributed by atoms with Gasteiger partial charge in [0.05, 0.1) is 34.7 Å². The van der Waals surface area contributed by atoms with Gasteiger partial charge in [-0.2, -0.15) is 0 Å². The van der Waals surface area contributed by atoms with Crippen LogP contribution in [-0.2, 0) is 14.3 Å². The molecule has 1 amide bonds. The highest BCUT2D eigenvalue weighted by atomic mass is 32.2. The number of amides is 1. The van der Waals surface area contributed by atoms with Crippen LogP contribution in [0.25, 0.3) is 5.57 Å². The van der Waals surface area contributed by atoms with Gasteiger partial charge in [0, 0.05) is 17.0 Å². The second-order valence-electron chi connectivity index (χ2n) is 10.9. The van der Waals surface area contributed by atoms with Gasteiger partial charge in [-0.25, -0.2) is 9.79 Å². The molecule has 2 aromatic carbocycles. The van der Waals surface area contributed by atoms with Crippen LogP contribution >= 0.6 is 23.1 Å². The van der Waals surface area contributed by atoms with Gasteiger partial charge >= 0.3 is 5.97 Å². The summed E-state index contributed by atoms with van der Waals surface area (Å²) in [5.41, 5.74) is 3.29. The summed E-state index contributed by atoms with van der Waals surface area (Å²) in [7, 11) is 0. The number of carbonyl (C=O) groups is 2. The number of ether oxygens (including phenoxy) is 1. The van der Waals surface area contributed by atoms with Crippen LogP contribution in [0.2, 0.25) is 0 Å². The van der Waals surface area contributed by atoms with Crippen molar-refractivity contribution in [3.63, 3.8) is 0 Å². The number of allylic oxidation sites excluding steroid dienone is 1. The first-order chi connectivity index (χ1) is 20.3. The van der Waals surface area contributed by atoms with E-state index in [2.05, 4.69) is 6.92 Å². The van der Waals surface area contributed by atoms with E-state index in [9.17, 15) is 14.4 Å². The molecule has 2 aliphatic rings. The number of fused-ring (bicyclic) bond motifs is 2. The Morgan fingerprint density at radius 2 is 1.76 bits per heavy atom. The number of hydrogen-bond acceptors (Lipinski definition) is 7. The highest BCUT2D eigenvalue weighted by Gasteiger charge is 2.37. The second-order valence-corrected chi connectivity index (χ2v) is 12.7. The first-order valence-corrected chi connectivity index (χ1v) is 16.6. The Kier molecular flexibility index (Phi) is 9.18. The molecular formula is C33H37N3O4S2. The molecule has 0 fully saturated rings. The topological polar surface area (TPSA) is 81.0 Å². The zero-order chi connectivity index (χ0) is 30.0. The number of unbranched alkanes of at least 4 members (excludes halogenated alkanes) is 4. The molecule has 0 spiro atoms. The molecule has 1 aromatic heterocycles. The van der Waals surface area contributed by atoms with Gasteiger partial charge < -0.3 is 9.64 Å². The fraction of sp³-hybridized carbons (Fsp3) is 0.394. The van der Waals surface area contributed by atoms with Gasteiger partial charge in [-0.3, -0.25) is 14.2 Å². The predicted molar refractivity (Wildman–Crippen MR) is 170 cm³/mol. The van der Waals surface area contributed by atoms with Crippen molar-refractivity contribution < 1.29 is 14.3 Å². The van der Waals surface area contributed by atoms with E-state index in [0.29, 0.717) is 32.7 Å². The van der Waals surface area contributed by atoms with Crippen LogP contribution in [0.15, 0.2) is 74.5 Å². The largest absolute Gasteiger partial charge is 0.459 e. The Morgan fingerprint density at radius 1 is 1.05 bits per heavy atom. The summed E-state index contributed by atoms with van der Waals surface area (Å²) < 4.78 is 7.53. The van der Waals surface area contributed by atoms with Crippen molar-refractivity contribution in [2.75, 3.05) is 17.7 Å². The molecule has 7 nitrogen and oxygen atoms in total. The second kappa shape index (κ2) is 12.8. The van der Waals surface area contributed by atoms with Crippen LogP contribution in [0.1, 0.15) is 77.0 Å². The van der Waals surface area contributed by atoms with Crippen LogP contribution in [0.4, 0.5) is 5.69 Å². The Bertz CT molecular complexity index is 1720. The molecule has 2 aliphatic heterocycles. The third-order valence-corrected chi connectivity index (χ3v) is 9.42. The van der Waals surface area contributed by atoms with E-state index in [1.807, 2.05) is 59.7 Å². The molecule has 0 saturated carbocycles. The predicted octanol–water partition coefficient (Wildman–Crippen LogP) is 5.60. The Morgan fingerprint density at radius 3 is 2.45 bits per heavy atom. The normalized spacial score (nSPS) is 17.4. The number of hydrogen-bond donors (Lipinski definition) is 0.